The van der Waals surface area contributed by atoms with Gasteiger partial charge in [0.05, 0.1) is 17.8 Å². The van der Waals surface area contributed by atoms with Crippen molar-refractivity contribution in [1.82, 2.24) is 35.0 Å². The molecule has 4 heterocycles. The first kappa shape index (κ1) is 21.3. The molecule has 8 nitrogen and oxygen atoms in total. The summed E-state index contributed by atoms with van der Waals surface area (Å²) in [6.45, 7) is 5.28. The molecule has 34 heavy (non-hydrogen) atoms. The predicted octanol–water partition coefficient (Wildman–Crippen LogP) is 3.58. The van der Waals surface area contributed by atoms with Crippen molar-refractivity contribution in [2.45, 2.75) is 38.1 Å². The molecule has 2 aliphatic heterocycles. The van der Waals surface area contributed by atoms with Crippen LogP contribution in [0.2, 0.25) is 0 Å². The van der Waals surface area contributed by atoms with Gasteiger partial charge in [-0.15, -0.1) is 5.10 Å². The summed E-state index contributed by atoms with van der Waals surface area (Å²) in [7, 11) is 0. The lowest BCUT2D eigenvalue weighted by Crippen LogP contribution is -2.44. The molecule has 1 aliphatic carbocycles. The van der Waals surface area contributed by atoms with Crippen molar-refractivity contribution in [3.63, 3.8) is 0 Å². The summed E-state index contributed by atoms with van der Waals surface area (Å²) in [5.41, 5.74) is 3.27. The molecule has 3 aromatic rings. The first-order valence-corrected chi connectivity index (χ1v) is 12.5. The molecule has 0 radical (unpaired) electrons. The van der Waals surface area contributed by atoms with Crippen molar-refractivity contribution < 1.29 is 4.79 Å². The highest BCUT2D eigenvalue weighted by Crippen LogP contribution is 2.28. The fourth-order valence-electron chi connectivity index (χ4n) is 5.61. The maximum Gasteiger partial charge on any atom is 0.253 e. The number of likely N-dealkylation sites (tertiary alicyclic amines) is 2. The molecule has 2 atom stereocenters. The topological polar surface area (TPSA) is 82.9 Å². The predicted molar refractivity (Wildman–Crippen MR) is 131 cm³/mol. The van der Waals surface area contributed by atoms with Gasteiger partial charge in [0.1, 0.15) is 11.4 Å². The maximum atomic E-state index is 13.4. The summed E-state index contributed by atoms with van der Waals surface area (Å²) in [6, 6.07) is 7.98. The van der Waals surface area contributed by atoms with E-state index in [1.165, 1.54) is 32.4 Å². The summed E-state index contributed by atoms with van der Waals surface area (Å²) >= 11 is 0. The van der Waals surface area contributed by atoms with E-state index in [1.807, 2.05) is 47.3 Å². The number of carbonyl (C=O) groups excluding carboxylic acids is 1. The number of amides is 1. The number of allylic oxidation sites excluding steroid dienone is 2. The smallest absolute Gasteiger partial charge is 0.253 e. The van der Waals surface area contributed by atoms with Crippen molar-refractivity contribution in [2.75, 3.05) is 32.7 Å². The second kappa shape index (κ2) is 9.18. The van der Waals surface area contributed by atoms with Crippen molar-refractivity contribution in [3.8, 4) is 11.4 Å². The third-order valence-electron chi connectivity index (χ3n) is 7.38. The van der Waals surface area contributed by atoms with Gasteiger partial charge in [-0.25, -0.2) is 4.68 Å². The van der Waals surface area contributed by atoms with Gasteiger partial charge < -0.3 is 9.80 Å². The van der Waals surface area contributed by atoms with Gasteiger partial charge in [0.25, 0.3) is 5.91 Å². The zero-order chi connectivity index (χ0) is 22.9. The number of fused-ring (bicyclic) bond motifs is 1. The molecule has 1 aromatic carbocycles. The number of aromatic amines is 1. The molecule has 8 heteroatoms. The summed E-state index contributed by atoms with van der Waals surface area (Å²) in [4.78, 5) is 18.0. The summed E-state index contributed by atoms with van der Waals surface area (Å²) < 4.78 is 1.85. The molecule has 0 saturated carbocycles. The van der Waals surface area contributed by atoms with Gasteiger partial charge in [0, 0.05) is 30.6 Å². The first-order valence-electron chi connectivity index (χ1n) is 12.5. The Morgan fingerprint density at radius 2 is 2.00 bits per heavy atom. The number of piperidine rings is 1. The molecule has 2 aromatic heterocycles. The zero-order valence-corrected chi connectivity index (χ0v) is 19.4. The minimum atomic E-state index is -0.0272. The van der Waals surface area contributed by atoms with Gasteiger partial charge in [-0.1, -0.05) is 35.6 Å². The van der Waals surface area contributed by atoms with Crippen LogP contribution in [-0.4, -0.2) is 73.6 Å². The average Bonchev–Trinajstić information content (AvgIpc) is 3.64. The first-order chi connectivity index (χ1) is 16.7. The summed E-state index contributed by atoms with van der Waals surface area (Å²) in [6.07, 6.45) is 13.8. The molecule has 176 valence electrons. The molecule has 2 unspecified atom stereocenters. The van der Waals surface area contributed by atoms with E-state index in [4.69, 9.17) is 0 Å². The Labute approximate surface area is 199 Å². The molecule has 2 saturated heterocycles. The Balaban J connectivity index is 1.16. The number of nitrogens with zero attached hydrogens (tertiary/aromatic N) is 6. The Hall–Kier alpha value is -3.26. The van der Waals surface area contributed by atoms with Crippen LogP contribution in [0.25, 0.3) is 22.3 Å². The van der Waals surface area contributed by atoms with Crippen LogP contribution in [0.1, 0.15) is 38.1 Å². The zero-order valence-electron chi connectivity index (χ0n) is 19.4. The SMILES string of the molecule is O=C(C1=CC(n2cc(-c3n[nH]c4ccccc34)nn2)CC=C1)N1CCCC(CN2CCCC2)C1. The van der Waals surface area contributed by atoms with E-state index in [0.717, 1.165) is 60.3 Å². The van der Waals surface area contributed by atoms with Crippen LogP contribution in [0.4, 0.5) is 0 Å². The third-order valence-corrected chi connectivity index (χ3v) is 7.38. The van der Waals surface area contributed by atoms with Gasteiger partial charge in [-0.3, -0.25) is 9.89 Å². The second-order valence-electron chi connectivity index (χ2n) is 9.80. The molecule has 1 N–H and O–H groups in total. The number of nitrogens with one attached hydrogen (secondary N) is 1. The molecule has 2 fully saturated rings. The van der Waals surface area contributed by atoms with Crippen LogP contribution in [0.5, 0.6) is 0 Å². The molecule has 0 bridgehead atoms. The van der Waals surface area contributed by atoms with E-state index < -0.39 is 0 Å². The van der Waals surface area contributed by atoms with E-state index in [1.54, 1.807) is 0 Å². The minimum absolute atomic E-state index is 0.0272. The van der Waals surface area contributed by atoms with Gasteiger partial charge in [0.2, 0.25) is 0 Å². The summed E-state index contributed by atoms with van der Waals surface area (Å²) in [5, 5.41) is 17.3. The highest BCUT2D eigenvalue weighted by atomic mass is 16.2. The quantitative estimate of drug-likeness (QED) is 0.633. The van der Waals surface area contributed by atoms with Crippen molar-refractivity contribution in [1.29, 1.82) is 0 Å². The van der Waals surface area contributed by atoms with Crippen LogP contribution in [0.15, 0.2) is 54.3 Å². The van der Waals surface area contributed by atoms with Crippen LogP contribution >= 0.6 is 0 Å². The molecule has 6 rings (SSSR count). The van der Waals surface area contributed by atoms with Crippen molar-refractivity contribution >= 4 is 16.8 Å². The highest BCUT2D eigenvalue weighted by Gasteiger charge is 2.28. The molecule has 1 amide bonds. The average molecular weight is 458 g/mol. The number of carbonyl (C=O) groups is 1. The Bertz CT molecular complexity index is 1230. The Morgan fingerprint density at radius 1 is 1.12 bits per heavy atom. The van der Waals surface area contributed by atoms with E-state index >= 15 is 0 Å². The molecular formula is C26H31N7O. The lowest BCUT2D eigenvalue weighted by molar-refractivity contribution is -0.128. The van der Waals surface area contributed by atoms with Crippen molar-refractivity contribution in [2.24, 2.45) is 5.92 Å². The largest absolute Gasteiger partial charge is 0.338 e. The lowest BCUT2D eigenvalue weighted by atomic mass is 9.95. The van der Waals surface area contributed by atoms with Crippen molar-refractivity contribution in [3.05, 3.63) is 54.3 Å². The number of H-pyrrole nitrogens is 1. The standard InChI is InChI=1S/C26H31N7O/c34-26(32-14-6-7-19(17-32)16-31-12-3-4-13-31)20-8-5-9-21(15-20)33-18-24(28-30-33)25-22-10-1-2-11-23(22)27-29-25/h1-2,5,8,10-11,15,18-19,21H,3-4,6-7,9,12-14,16-17H2,(H,27,29). The fraction of sp³-hybridized carbons (Fsp3) is 0.462. The van der Waals surface area contributed by atoms with Gasteiger partial charge in [0.15, 0.2) is 0 Å². The monoisotopic (exact) mass is 457 g/mol. The van der Waals surface area contributed by atoms with Gasteiger partial charge in [-0.2, -0.15) is 5.10 Å². The number of para-hydroxylation sites is 1. The molecular weight excluding hydrogens is 426 g/mol. The lowest BCUT2D eigenvalue weighted by Gasteiger charge is -2.35. The maximum absolute atomic E-state index is 13.4. The van der Waals surface area contributed by atoms with Crippen LogP contribution < -0.4 is 0 Å². The third kappa shape index (κ3) is 4.18. The highest BCUT2D eigenvalue weighted by molar-refractivity contribution is 5.96. The summed E-state index contributed by atoms with van der Waals surface area (Å²) in [5.74, 6) is 0.729. The minimum Gasteiger partial charge on any atom is -0.338 e. The number of hydrogen-bond acceptors (Lipinski definition) is 5. The Morgan fingerprint density at radius 3 is 2.91 bits per heavy atom. The van der Waals surface area contributed by atoms with E-state index in [-0.39, 0.29) is 11.9 Å². The van der Waals surface area contributed by atoms with Crippen LogP contribution in [-0.2, 0) is 4.79 Å². The number of aromatic nitrogens is 5. The fourth-order valence-corrected chi connectivity index (χ4v) is 5.61. The molecule has 0 spiro atoms. The number of hydrogen-bond donors (Lipinski definition) is 1. The van der Waals surface area contributed by atoms with Gasteiger partial charge in [-0.05, 0) is 63.3 Å². The van der Waals surface area contributed by atoms with Crippen LogP contribution in [0, 0.1) is 5.92 Å². The Kier molecular flexibility index (Phi) is 5.74. The van der Waals surface area contributed by atoms with E-state index in [2.05, 4.69) is 36.4 Å². The van der Waals surface area contributed by atoms with E-state index in [9.17, 15) is 4.79 Å². The van der Waals surface area contributed by atoms with E-state index in [0.29, 0.717) is 5.92 Å². The second-order valence-corrected chi connectivity index (χ2v) is 9.80. The number of rotatable bonds is 5. The van der Waals surface area contributed by atoms with Crippen LogP contribution in [0.3, 0.4) is 0 Å². The number of benzene rings is 1. The normalized spacial score (nSPS) is 23.5. The van der Waals surface area contributed by atoms with Gasteiger partial charge >= 0.3 is 0 Å². The molecule has 3 aliphatic rings.